The van der Waals surface area contributed by atoms with Gasteiger partial charge >= 0.3 is 0 Å². The number of nitrogens with one attached hydrogen (secondary N) is 1. The Balaban J connectivity index is 1.93. The zero-order valence-corrected chi connectivity index (χ0v) is 11.9. The molecule has 2 N–H and O–H groups in total. The van der Waals surface area contributed by atoms with Crippen molar-refractivity contribution < 1.29 is 13.0 Å². The maximum absolute atomic E-state index is 11.3. The molecule has 21 heavy (non-hydrogen) atoms. The Morgan fingerprint density at radius 2 is 2.00 bits per heavy atom. The van der Waals surface area contributed by atoms with Crippen molar-refractivity contribution in [1.82, 2.24) is 4.98 Å². The van der Waals surface area contributed by atoms with Crippen LogP contribution in [0.3, 0.4) is 0 Å². The van der Waals surface area contributed by atoms with Crippen molar-refractivity contribution in [3.8, 4) is 0 Å². The molecule has 2 aromatic rings. The van der Waals surface area contributed by atoms with Crippen molar-refractivity contribution in [2.45, 2.75) is 17.7 Å². The second-order valence-corrected chi connectivity index (χ2v) is 6.79. The van der Waals surface area contributed by atoms with Gasteiger partial charge in [0.2, 0.25) is 0 Å². The number of hydrogen-bond donors (Lipinski definition) is 2. The summed E-state index contributed by atoms with van der Waals surface area (Å²) in [4.78, 5) is 3.36. The highest BCUT2D eigenvalue weighted by molar-refractivity contribution is 7.85. The molecule has 0 radical (unpaired) electrons. The third-order valence-electron chi connectivity index (χ3n) is 4.08. The molecule has 0 bridgehead atoms. The molecular weight excluding hydrogens is 286 g/mol. The van der Waals surface area contributed by atoms with Gasteiger partial charge in [-0.1, -0.05) is 18.2 Å². The Hall–Kier alpha value is -2.11. The van der Waals surface area contributed by atoms with E-state index >= 15 is 0 Å². The number of H-pyrrole nitrogens is 1. The van der Waals surface area contributed by atoms with E-state index in [4.69, 9.17) is 0 Å². The topological polar surface area (TPSA) is 70.2 Å². The van der Waals surface area contributed by atoms with Crippen LogP contribution in [0.15, 0.2) is 35.2 Å². The van der Waals surface area contributed by atoms with Gasteiger partial charge in [-0.25, -0.2) is 0 Å². The van der Waals surface area contributed by atoms with Crippen molar-refractivity contribution in [3.63, 3.8) is 0 Å². The molecule has 0 fully saturated rings. The standard InChI is InChI=1S/C16H13NO3S/c18-21(19,20)12-6-5-10-9-16-14(8-11(10)7-12)13-3-1-2-4-15(13)17-16/h1-2,4-7,9,17H,3,8H2,(H,18,19,20). The fourth-order valence-corrected chi connectivity index (χ4v) is 3.59. The van der Waals surface area contributed by atoms with Crippen LogP contribution in [-0.2, 0) is 23.0 Å². The van der Waals surface area contributed by atoms with E-state index in [9.17, 15) is 13.0 Å². The predicted octanol–water partition coefficient (Wildman–Crippen LogP) is 0.887. The molecule has 2 aliphatic carbocycles. The molecule has 106 valence electrons. The maximum Gasteiger partial charge on any atom is 0.294 e. The van der Waals surface area contributed by atoms with Gasteiger partial charge in [0.15, 0.2) is 0 Å². The van der Waals surface area contributed by atoms with Crippen LogP contribution in [0.1, 0.15) is 22.3 Å². The Morgan fingerprint density at radius 1 is 1.14 bits per heavy atom. The van der Waals surface area contributed by atoms with E-state index in [0.717, 1.165) is 28.2 Å². The molecular formula is C16H13NO3S. The molecule has 0 aliphatic heterocycles. The van der Waals surface area contributed by atoms with Crippen molar-refractivity contribution in [3.05, 3.63) is 63.3 Å². The number of allylic oxidation sites excluding steroid dienone is 2. The highest BCUT2D eigenvalue weighted by atomic mass is 32.2. The number of hydrogen-bond acceptors (Lipinski definition) is 2. The molecule has 0 unspecified atom stereocenters. The molecule has 0 saturated carbocycles. The normalized spacial score (nSPS) is 15.5. The van der Waals surface area contributed by atoms with Crippen molar-refractivity contribution in [1.29, 1.82) is 0 Å². The second-order valence-electron chi connectivity index (χ2n) is 5.37. The highest BCUT2D eigenvalue weighted by Crippen LogP contribution is 2.23. The first-order valence-corrected chi connectivity index (χ1v) is 8.15. The molecule has 0 amide bonds. The minimum absolute atomic E-state index is 0.0473. The minimum Gasteiger partial charge on any atom is -0.355 e. The van der Waals surface area contributed by atoms with E-state index in [2.05, 4.69) is 17.1 Å². The van der Waals surface area contributed by atoms with Gasteiger partial charge in [-0.15, -0.1) is 0 Å². The highest BCUT2D eigenvalue weighted by Gasteiger charge is 2.18. The summed E-state index contributed by atoms with van der Waals surface area (Å²) >= 11 is 0. The van der Waals surface area contributed by atoms with Crippen molar-refractivity contribution in [2.24, 2.45) is 0 Å². The molecule has 0 spiro atoms. The van der Waals surface area contributed by atoms with E-state index in [1.54, 1.807) is 12.1 Å². The summed E-state index contributed by atoms with van der Waals surface area (Å²) in [6.07, 6.45) is 9.80. The fraction of sp³-hybridized carbons (Fsp3) is 0.125. The third-order valence-corrected chi connectivity index (χ3v) is 4.93. The molecule has 0 atom stereocenters. The van der Waals surface area contributed by atoms with E-state index in [-0.39, 0.29) is 4.90 Å². The number of rotatable bonds is 1. The van der Waals surface area contributed by atoms with Gasteiger partial charge in [0.1, 0.15) is 0 Å². The average molecular weight is 299 g/mol. The molecule has 2 aliphatic rings. The van der Waals surface area contributed by atoms with Crippen LogP contribution >= 0.6 is 0 Å². The lowest BCUT2D eigenvalue weighted by molar-refractivity contribution is 0.483. The van der Waals surface area contributed by atoms with Crippen LogP contribution in [0.5, 0.6) is 0 Å². The molecule has 0 saturated heterocycles. The summed E-state index contributed by atoms with van der Waals surface area (Å²) in [6.45, 7) is 0. The summed E-state index contributed by atoms with van der Waals surface area (Å²) in [5.41, 5.74) is 4.40. The summed E-state index contributed by atoms with van der Waals surface area (Å²) in [7, 11) is -4.16. The Labute approximate surface area is 121 Å². The van der Waals surface area contributed by atoms with E-state index in [1.165, 1.54) is 17.2 Å². The summed E-state index contributed by atoms with van der Waals surface area (Å²) in [5.74, 6) is 0. The SMILES string of the molecule is O=S(=O)(O)c1ccc2c(c1)Cc1c3c([nH]c1=C2)=CC=CC3. The lowest BCUT2D eigenvalue weighted by Crippen LogP contribution is -2.16. The van der Waals surface area contributed by atoms with Crippen LogP contribution in [-0.4, -0.2) is 18.0 Å². The predicted molar refractivity (Wildman–Crippen MR) is 80.0 cm³/mol. The quantitative estimate of drug-likeness (QED) is 0.656. The first kappa shape index (κ1) is 12.6. The molecule has 4 rings (SSSR count). The molecule has 1 aromatic carbocycles. The van der Waals surface area contributed by atoms with E-state index in [1.807, 2.05) is 12.2 Å². The van der Waals surface area contributed by atoms with Gasteiger partial charge in [0.25, 0.3) is 10.1 Å². The largest absolute Gasteiger partial charge is 0.355 e. The average Bonchev–Trinajstić information content (AvgIpc) is 2.81. The summed E-state index contributed by atoms with van der Waals surface area (Å²) in [5, 5.41) is 2.22. The number of aromatic amines is 1. The van der Waals surface area contributed by atoms with Gasteiger partial charge < -0.3 is 4.98 Å². The van der Waals surface area contributed by atoms with Crippen LogP contribution < -0.4 is 10.7 Å². The first-order chi connectivity index (χ1) is 10.0. The monoisotopic (exact) mass is 299 g/mol. The van der Waals surface area contributed by atoms with Crippen molar-refractivity contribution in [2.75, 3.05) is 0 Å². The smallest absolute Gasteiger partial charge is 0.294 e. The Morgan fingerprint density at radius 3 is 2.81 bits per heavy atom. The first-order valence-electron chi connectivity index (χ1n) is 6.71. The number of benzene rings is 1. The van der Waals surface area contributed by atoms with E-state index in [0.29, 0.717) is 6.42 Å². The summed E-state index contributed by atoms with van der Waals surface area (Å²) in [6, 6.07) is 4.74. The minimum atomic E-state index is -4.16. The molecule has 1 heterocycles. The van der Waals surface area contributed by atoms with E-state index < -0.39 is 10.1 Å². The van der Waals surface area contributed by atoms with Gasteiger partial charge in [-0.05, 0) is 53.0 Å². The number of fused-ring (bicyclic) bond motifs is 4. The van der Waals surface area contributed by atoms with Gasteiger partial charge in [-0.3, -0.25) is 4.55 Å². The Bertz CT molecular complexity index is 1010. The third kappa shape index (κ3) is 1.97. The maximum atomic E-state index is 11.3. The molecule has 5 heteroatoms. The lowest BCUT2D eigenvalue weighted by atomic mass is 9.92. The Kier molecular flexibility index (Phi) is 2.52. The molecule has 1 aromatic heterocycles. The number of aromatic nitrogens is 1. The fourth-order valence-electron chi connectivity index (χ4n) is 3.05. The lowest BCUT2D eigenvalue weighted by Gasteiger charge is -2.13. The van der Waals surface area contributed by atoms with Crippen LogP contribution in [0.4, 0.5) is 0 Å². The van der Waals surface area contributed by atoms with Crippen LogP contribution in [0, 0.1) is 0 Å². The van der Waals surface area contributed by atoms with Gasteiger partial charge in [0.05, 0.1) is 4.90 Å². The van der Waals surface area contributed by atoms with Gasteiger partial charge in [0, 0.05) is 17.1 Å². The summed E-state index contributed by atoms with van der Waals surface area (Å²) < 4.78 is 31.7. The second kappa shape index (κ2) is 4.19. The molecule has 4 nitrogen and oxygen atoms in total. The van der Waals surface area contributed by atoms with Crippen LogP contribution in [0.25, 0.3) is 12.2 Å². The van der Waals surface area contributed by atoms with Gasteiger partial charge in [-0.2, -0.15) is 8.42 Å². The zero-order chi connectivity index (χ0) is 14.6. The van der Waals surface area contributed by atoms with Crippen LogP contribution in [0.2, 0.25) is 0 Å². The van der Waals surface area contributed by atoms with Crippen molar-refractivity contribution >= 4 is 22.3 Å². The zero-order valence-electron chi connectivity index (χ0n) is 11.1.